The van der Waals surface area contributed by atoms with Crippen LogP contribution in [0.2, 0.25) is 5.02 Å². The number of hydrogen-bond acceptors (Lipinski definition) is 1. The highest BCUT2D eigenvalue weighted by Crippen LogP contribution is 2.26. The van der Waals surface area contributed by atoms with Gasteiger partial charge in [0.2, 0.25) is 0 Å². The van der Waals surface area contributed by atoms with Gasteiger partial charge in [-0.15, -0.1) is 0 Å². The number of hydrogen-bond donors (Lipinski definition) is 1. The minimum absolute atomic E-state index is 0.171. The average molecular weight is 365 g/mol. The summed E-state index contributed by atoms with van der Waals surface area (Å²) in [6.45, 7) is 7.56. The van der Waals surface area contributed by atoms with Crippen LogP contribution in [-0.2, 0) is 6.42 Å². The Morgan fingerprint density at radius 2 is 1.80 bits per heavy atom. The first-order valence-corrected chi connectivity index (χ1v) is 8.35. The first-order chi connectivity index (χ1) is 9.29. The minimum Gasteiger partial charge on any atom is -0.312 e. The summed E-state index contributed by atoms with van der Waals surface area (Å²) in [5.41, 5.74) is 0.906. The average Bonchev–Trinajstić information content (AvgIpc) is 2.32. The molecule has 0 spiro atoms. The molecular weight excluding hydrogens is 341 g/mol. The molecule has 0 radical (unpaired) electrons. The van der Waals surface area contributed by atoms with Gasteiger partial charge >= 0.3 is 0 Å². The van der Waals surface area contributed by atoms with Crippen molar-refractivity contribution in [2.45, 2.75) is 58.4 Å². The van der Waals surface area contributed by atoms with Gasteiger partial charge in [0.1, 0.15) is 5.82 Å². The Labute approximate surface area is 135 Å². The van der Waals surface area contributed by atoms with E-state index < -0.39 is 0 Å². The third kappa shape index (κ3) is 7.05. The second kappa shape index (κ2) is 8.35. The molecular formula is C16H24BrClFN. The maximum Gasteiger partial charge on any atom is 0.127 e. The maximum atomic E-state index is 13.7. The Morgan fingerprint density at radius 3 is 2.45 bits per heavy atom. The Kier molecular flexibility index (Phi) is 7.49. The topological polar surface area (TPSA) is 12.0 Å². The second-order valence-corrected chi connectivity index (χ2v) is 7.46. The number of unbranched alkanes of at least 4 members (excludes halogenated alkanes) is 3. The van der Waals surface area contributed by atoms with Crippen LogP contribution in [0.15, 0.2) is 16.6 Å². The quantitative estimate of drug-likeness (QED) is 0.481. The molecule has 0 fully saturated rings. The fourth-order valence-electron chi connectivity index (χ4n) is 2.01. The van der Waals surface area contributed by atoms with Crippen molar-refractivity contribution in [2.75, 3.05) is 6.54 Å². The molecule has 0 saturated heterocycles. The molecule has 0 amide bonds. The lowest BCUT2D eigenvalue weighted by atomic mass is 10.0. The van der Waals surface area contributed by atoms with Crippen LogP contribution in [0.5, 0.6) is 0 Å². The van der Waals surface area contributed by atoms with E-state index in [1.807, 2.05) is 0 Å². The highest BCUT2D eigenvalue weighted by atomic mass is 79.9. The van der Waals surface area contributed by atoms with Crippen LogP contribution < -0.4 is 5.32 Å². The van der Waals surface area contributed by atoms with E-state index >= 15 is 0 Å². The van der Waals surface area contributed by atoms with Gasteiger partial charge in [-0.3, -0.25) is 0 Å². The second-order valence-electron chi connectivity index (χ2n) is 6.20. The monoisotopic (exact) mass is 363 g/mol. The van der Waals surface area contributed by atoms with E-state index in [2.05, 4.69) is 42.0 Å². The molecule has 0 aliphatic carbocycles. The van der Waals surface area contributed by atoms with Crippen molar-refractivity contribution < 1.29 is 4.39 Å². The first kappa shape index (κ1) is 17.9. The molecule has 1 aromatic carbocycles. The van der Waals surface area contributed by atoms with Gasteiger partial charge in [-0.05, 0) is 80.2 Å². The largest absolute Gasteiger partial charge is 0.312 e. The molecule has 0 atom stereocenters. The van der Waals surface area contributed by atoms with Gasteiger partial charge in [-0.1, -0.05) is 24.4 Å². The standard InChI is InChI=1S/C16H24BrClFN/c1-16(2,3)20-9-7-5-4-6-8-12-10-14(18)13(17)11-15(12)19/h10-11,20H,4-9H2,1-3H3. The van der Waals surface area contributed by atoms with Crippen molar-refractivity contribution in [3.63, 3.8) is 0 Å². The van der Waals surface area contributed by atoms with Crippen molar-refractivity contribution in [1.82, 2.24) is 5.32 Å². The molecule has 1 nitrogen and oxygen atoms in total. The van der Waals surface area contributed by atoms with Crippen LogP contribution in [0, 0.1) is 5.82 Å². The molecule has 0 aliphatic heterocycles. The number of benzene rings is 1. The van der Waals surface area contributed by atoms with E-state index in [-0.39, 0.29) is 11.4 Å². The highest BCUT2D eigenvalue weighted by molar-refractivity contribution is 9.10. The van der Waals surface area contributed by atoms with Crippen molar-refractivity contribution >= 4 is 27.5 Å². The Bertz CT molecular complexity index is 429. The lowest BCUT2D eigenvalue weighted by molar-refractivity contribution is 0.416. The molecule has 1 aromatic rings. The molecule has 0 aliphatic rings. The number of rotatable bonds is 7. The predicted molar refractivity (Wildman–Crippen MR) is 89.0 cm³/mol. The highest BCUT2D eigenvalue weighted by Gasteiger charge is 2.08. The van der Waals surface area contributed by atoms with E-state index in [1.165, 1.54) is 18.9 Å². The van der Waals surface area contributed by atoms with Gasteiger partial charge in [0, 0.05) is 10.0 Å². The predicted octanol–water partition coefficient (Wildman–Crippen LogP) is 5.73. The Morgan fingerprint density at radius 1 is 1.15 bits per heavy atom. The van der Waals surface area contributed by atoms with Crippen LogP contribution in [0.4, 0.5) is 4.39 Å². The fraction of sp³-hybridized carbons (Fsp3) is 0.625. The van der Waals surface area contributed by atoms with Gasteiger partial charge in [-0.25, -0.2) is 4.39 Å². The lowest BCUT2D eigenvalue weighted by Gasteiger charge is -2.20. The van der Waals surface area contributed by atoms with Crippen LogP contribution in [0.25, 0.3) is 0 Å². The fourth-order valence-corrected chi connectivity index (χ4v) is 2.51. The molecule has 0 saturated carbocycles. The summed E-state index contributed by atoms with van der Waals surface area (Å²) < 4.78 is 14.3. The van der Waals surface area contributed by atoms with Gasteiger partial charge < -0.3 is 5.32 Å². The summed E-state index contributed by atoms with van der Waals surface area (Å²) in [6, 6.07) is 3.17. The molecule has 0 unspecified atom stereocenters. The summed E-state index contributed by atoms with van der Waals surface area (Å²) in [6.07, 6.45) is 5.23. The van der Waals surface area contributed by atoms with Crippen LogP contribution in [-0.4, -0.2) is 12.1 Å². The summed E-state index contributed by atoms with van der Waals surface area (Å²) in [5.74, 6) is -0.171. The van der Waals surface area contributed by atoms with Crippen molar-refractivity contribution in [3.8, 4) is 0 Å². The maximum absolute atomic E-state index is 13.7. The molecule has 0 bridgehead atoms. The third-order valence-corrected chi connectivity index (χ3v) is 4.31. The zero-order chi connectivity index (χ0) is 15.2. The van der Waals surface area contributed by atoms with Gasteiger partial charge in [0.05, 0.1) is 5.02 Å². The molecule has 20 heavy (non-hydrogen) atoms. The van der Waals surface area contributed by atoms with Gasteiger partial charge in [0.25, 0.3) is 0 Å². The summed E-state index contributed by atoms with van der Waals surface area (Å²) in [5, 5.41) is 4.05. The summed E-state index contributed by atoms with van der Waals surface area (Å²) in [7, 11) is 0. The first-order valence-electron chi connectivity index (χ1n) is 7.18. The lowest BCUT2D eigenvalue weighted by Crippen LogP contribution is -2.36. The van der Waals surface area contributed by atoms with E-state index in [4.69, 9.17) is 11.6 Å². The zero-order valence-electron chi connectivity index (χ0n) is 12.5. The molecule has 0 heterocycles. The normalized spacial score (nSPS) is 11.9. The molecule has 1 rings (SSSR count). The zero-order valence-corrected chi connectivity index (χ0v) is 14.9. The Balaban J connectivity index is 2.20. The van der Waals surface area contributed by atoms with Crippen molar-refractivity contribution in [2.24, 2.45) is 0 Å². The van der Waals surface area contributed by atoms with Crippen molar-refractivity contribution in [3.05, 3.63) is 33.0 Å². The van der Waals surface area contributed by atoms with Gasteiger partial charge in [-0.2, -0.15) is 0 Å². The molecule has 114 valence electrons. The van der Waals surface area contributed by atoms with Crippen molar-refractivity contribution in [1.29, 1.82) is 0 Å². The minimum atomic E-state index is -0.171. The number of aryl methyl sites for hydroxylation is 1. The SMILES string of the molecule is CC(C)(C)NCCCCCCc1cc(Cl)c(Br)cc1F. The van der Waals surface area contributed by atoms with Crippen LogP contribution in [0.3, 0.4) is 0 Å². The number of halogens is 3. The van der Waals surface area contributed by atoms with E-state index in [1.54, 1.807) is 6.07 Å². The van der Waals surface area contributed by atoms with Crippen LogP contribution in [0.1, 0.15) is 52.0 Å². The number of nitrogens with one attached hydrogen (secondary N) is 1. The smallest absolute Gasteiger partial charge is 0.127 e. The van der Waals surface area contributed by atoms with E-state index in [0.29, 0.717) is 15.1 Å². The Hall–Kier alpha value is -0.120. The third-order valence-electron chi connectivity index (χ3n) is 3.12. The van der Waals surface area contributed by atoms with E-state index in [9.17, 15) is 4.39 Å². The van der Waals surface area contributed by atoms with Gasteiger partial charge in [0.15, 0.2) is 0 Å². The summed E-state index contributed by atoms with van der Waals surface area (Å²) >= 11 is 9.22. The van der Waals surface area contributed by atoms with E-state index in [0.717, 1.165) is 25.8 Å². The summed E-state index contributed by atoms with van der Waals surface area (Å²) in [4.78, 5) is 0. The molecule has 0 aromatic heterocycles. The molecule has 1 N–H and O–H groups in total. The molecule has 4 heteroatoms. The van der Waals surface area contributed by atoms with Crippen LogP contribution >= 0.6 is 27.5 Å².